The Morgan fingerprint density at radius 2 is 1.86 bits per heavy atom. The number of benzene rings is 1. The summed E-state index contributed by atoms with van der Waals surface area (Å²) in [5.41, 5.74) is 3.94. The summed E-state index contributed by atoms with van der Waals surface area (Å²) in [5.74, 6) is 1.16. The lowest BCUT2D eigenvalue weighted by molar-refractivity contribution is 0.425. The van der Waals surface area contributed by atoms with Crippen LogP contribution in [0.5, 0.6) is 0 Å². The van der Waals surface area contributed by atoms with Crippen molar-refractivity contribution in [1.82, 2.24) is 10.1 Å². The van der Waals surface area contributed by atoms with Crippen molar-refractivity contribution in [2.75, 3.05) is 0 Å². The van der Waals surface area contributed by atoms with Crippen LogP contribution in [0.4, 0.5) is 0 Å². The number of aromatic nitrogens is 2. The molecule has 4 heteroatoms. The molecule has 2 rings (SSSR count). The van der Waals surface area contributed by atoms with E-state index in [2.05, 4.69) is 37.8 Å². The highest BCUT2D eigenvalue weighted by atomic mass is 16.5. The van der Waals surface area contributed by atoms with Crippen molar-refractivity contribution < 1.29 is 4.52 Å². The molecule has 0 atom stereocenters. The molecule has 0 aliphatic heterocycles. The van der Waals surface area contributed by atoms with Gasteiger partial charge in [0.05, 0.1) is 0 Å². The molecule has 0 amide bonds. The van der Waals surface area contributed by atoms with Gasteiger partial charge in [-0.1, -0.05) is 43.6 Å². The van der Waals surface area contributed by atoms with Gasteiger partial charge in [-0.25, -0.2) is 0 Å². The summed E-state index contributed by atoms with van der Waals surface area (Å²) < 4.78 is 5.15. The fraction of sp³-hybridized carbons (Fsp3) is 0.389. The number of hydrogen-bond acceptors (Lipinski definition) is 4. The number of rotatable bonds is 4. The molecule has 0 radical (unpaired) electrons. The molecule has 0 unspecified atom stereocenters. The van der Waals surface area contributed by atoms with Gasteiger partial charge >= 0.3 is 0 Å². The molecule has 1 heterocycles. The van der Waals surface area contributed by atoms with Gasteiger partial charge in [0.1, 0.15) is 0 Å². The topological polar surface area (TPSA) is 62.8 Å². The fourth-order valence-electron chi connectivity index (χ4n) is 1.93. The molecular weight excluding hydrogens is 274 g/mol. The van der Waals surface area contributed by atoms with Crippen molar-refractivity contribution in [3.63, 3.8) is 0 Å². The van der Waals surface area contributed by atoms with E-state index in [4.69, 9.17) is 9.93 Å². The lowest BCUT2D eigenvalue weighted by Gasteiger charge is -2.19. The van der Waals surface area contributed by atoms with Gasteiger partial charge in [0.15, 0.2) is 5.82 Å². The summed E-state index contributed by atoms with van der Waals surface area (Å²) in [6.07, 6.45) is 2.59. The third kappa shape index (κ3) is 4.13. The largest absolute Gasteiger partial charge is 0.334 e. The van der Waals surface area contributed by atoms with Gasteiger partial charge in [-0.05, 0) is 43.0 Å². The molecule has 22 heavy (non-hydrogen) atoms. The van der Waals surface area contributed by atoms with Crippen LogP contribution in [-0.2, 0) is 6.42 Å². The van der Waals surface area contributed by atoms with Crippen molar-refractivity contribution in [3.8, 4) is 11.5 Å². The fourth-order valence-corrected chi connectivity index (χ4v) is 1.93. The second-order valence-corrected chi connectivity index (χ2v) is 6.62. The minimum atomic E-state index is 0.103. The normalized spacial score (nSPS) is 12.5. The molecule has 0 aliphatic carbocycles. The average Bonchev–Trinajstić information content (AvgIpc) is 2.85. The molecular formula is C18H23N3O. The van der Waals surface area contributed by atoms with Crippen LogP contribution in [0.25, 0.3) is 11.5 Å². The van der Waals surface area contributed by atoms with Crippen LogP contribution < -0.4 is 0 Å². The van der Waals surface area contributed by atoms with Crippen LogP contribution in [0.2, 0.25) is 0 Å². The maximum Gasteiger partial charge on any atom is 0.257 e. The van der Waals surface area contributed by atoms with E-state index in [1.54, 1.807) is 6.92 Å². The molecule has 1 N–H and O–H groups in total. The Morgan fingerprint density at radius 3 is 2.36 bits per heavy atom. The number of hydrogen-bond donors (Lipinski definition) is 1. The van der Waals surface area contributed by atoms with Gasteiger partial charge in [0, 0.05) is 17.7 Å². The maximum atomic E-state index is 8.14. The van der Waals surface area contributed by atoms with E-state index >= 15 is 0 Å². The lowest BCUT2D eigenvalue weighted by atomic mass is 9.86. The molecule has 0 saturated heterocycles. The highest BCUT2D eigenvalue weighted by molar-refractivity contribution is 5.94. The van der Waals surface area contributed by atoms with Crippen molar-refractivity contribution in [2.24, 2.45) is 5.41 Å². The third-order valence-corrected chi connectivity index (χ3v) is 3.70. The van der Waals surface area contributed by atoms with Crippen LogP contribution in [0.1, 0.15) is 39.1 Å². The molecule has 1 aromatic carbocycles. The zero-order valence-electron chi connectivity index (χ0n) is 13.9. The SMILES string of the molecule is C/C(=C\C(=N)Cc1ccc(-c2nc(C)no2)cc1)C(C)(C)C. The van der Waals surface area contributed by atoms with Crippen LogP contribution in [0, 0.1) is 17.7 Å². The first-order chi connectivity index (χ1) is 10.3. The Kier molecular flexibility index (Phi) is 4.59. The average molecular weight is 297 g/mol. The molecule has 4 nitrogen and oxygen atoms in total. The second-order valence-electron chi connectivity index (χ2n) is 6.62. The Balaban J connectivity index is 2.07. The Hall–Kier alpha value is -2.23. The quantitative estimate of drug-likeness (QED) is 0.839. The van der Waals surface area contributed by atoms with Gasteiger partial charge in [0.25, 0.3) is 5.89 Å². The molecule has 1 aromatic heterocycles. The van der Waals surface area contributed by atoms with Gasteiger partial charge in [-0.3, -0.25) is 0 Å². The lowest BCUT2D eigenvalue weighted by Crippen LogP contribution is -2.09. The summed E-state index contributed by atoms with van der Waals surface area (Å²) in [7, 11) is 0. The molecule has 2 aromatic rings. The monoisotopic (exact) mass is 297 g/mol. The molecule has 116 valence electrons. The first kappa shape index (κ1) is 16.1. The van der Waals surface area contributed by atoms with E-state index in [1.165, 1.54) is 5.57 Å². The van der Waals surface area contributed by atoms with Crippen molar-refractivity contribution >= 4 is 5.71 Å². The van der Waals surface area contributed by atoms with Crippen molar-refractivity contribution in [2.45, 2.75) is 41.0 Å². The standard InChI is InChI=1S/C18H23N3O/c1-12(18(3,4)5)10-16(19)11-14-6-8-15(9-7-14)17-20-13(2)21-22-17/h6-10,19H,11H2,1-5H3/b12-10+,19-16?. The zero-order valence-corrected chi connectivity index (χ0v) is 13.9. The van der Waals surface area contributed by atoms with Gasteiger partial charge in [0.2, 0.25) is 0 Å². The predicted octanol–water partition coefficient (Wildman–Crippen LogP) is 4.60. The van der Waals surface area contributed by atoms with E-state index in [9.17, 15) is 0 Å². The number of aryl methyl sites for hydroxylation is 1. The molecule has 0 bridgehead atoms. The van der Waals surface area contributed by atoms with E-state index in [-0.39, 0.29) is 5.41 Å². The highest BCUT2D eigenvalue weighted by Crippen LogP contribution is 2.24. The minimum Gasteiger partial charge on any atom is -0.334 e. The zero-order chi connectivity index (χ0) is 16.3. The minimum absolute atomic E-state index is 0.103. The van der Waals surface area contributed by atoms with Crippen molar-refractivity contribution in [3.05, 3.63) is 47.3 Å². The van der Waals surface area contributed by atoms with Gasteiger partial charge in [-0.2, -0.15) is 4.98 Å². The maximum absolute atomic E-state index is 8.14. The number of allylic oxidation sites excluding steroid dienone is 2. The summed E-state index contributed by atoms with van der Waals surface area (Å²) in [6.45, 7) is 10.4. The van der Waals surface area contributed by atoms with Crippen LogP contribution in [0.15, 0.2) is 40.4 Å². The molecule has 0 spiro atoms. The highest BCUT2D eigenvalue weighted by Gasteiger charge is 2.13. The summed E-state index contributed by atoms with van der Waals surface area (Å²) >= 11 is 0. The van der Waals surface area contributed by atoms with Crippen LogP contribution in [-0.4, -0.2) is 15.9 Å². The molecule has 0 aliphatic rings. The Labute approximate surface area is 131 Å². The second kappa shape index (κ2) is 6.26. The summed E-state index contributed by atoms with van der Waals surface area (Å²) in [5, 5.41) is 11.9. The number of nitrogens with zero attached hydrogens (tertiary/aromatic N) is 2. The van der Waals surface area contributed by atoms with E-state index in [0.717, 1.165) is 11.1 Å². The first-order valence-corrected chi connectivity index (χ1v) is 7.41. The van der Waals surface area contributed by atoms with Gasteiger partial charge in [-0.15, -0.1) is 0 Å². The van der Waals surface area contributed by atoms with Crippen molar-refractivity contribution in [1.29, 1.82) is 5.41 Å². The molecule has 0 saturated carbocycles. The molecule has 0 fully saturated rings. The summed E-state index contributed by atoms with van der Waals surface area (Å²) in [4.78, 5) is 4.21. The summed E-state index contributed by atoms with van der Waals surface area (Å²) in [6, 6.07) is 7.92. The Morgan fingerprint density at radius 1 is 1.23 bits per heavy atom. The van der Waals surface area contributed by atoms with E-state index in [1.807, 2.05) is 30.3 Å². The third-order valence-electron chi connectivity index (χ3n) is 3.70. The first-order valence-electron chi connectivity index (χ1n) is 7.41. The Bertz CT molecular complexity index is 688. The van der Waals surface area contributed by atoms with Gasteiger partial charge < -0.3 is 9.93 Å². The van der Waals surface area contributed by atoms with E-state index < -0.39 is 0 Å². The number of nitrogens with one attached hydrogen (secondary N) is 1. The van der Waals surface area contributed by atoms with E-state index in [0.29, 0.717) is 23.8 Å². The van der Waals surface area contributed by atoms with Crippen LogP contribution in [0.3, 0.4) is 0 Å². The van der Waals surface area contributed by atoms with Crippen LogP contribution >= 0.6 is 0 Å². The predicted molar refractivity (Wildman–Crippen MR) is 89.1 cm³/mol. The smallest absolute Gasteiger partial charge is 0.257 e.